The molecule has 2 aromatic rings. The fourth-order valence-corrected chi connectivity index (χ4v) is 2.32. The van der Waals surface area contributed by atoms with Crippen LogP contribution >= 0.6 is 12.4 Å². The average molecular weight is 307 g/mol. The fraction of sp³-hybridized carbons (Fsp3) is 0.353. The minimum Gasteiger partial charge on any atom is -0.338 e. The molecule has 0 radical (unpaired) electrons. The van der Waals surface area contributed by atoms with Crippen LogP contribution in [0.2, 0.25) is 0 Å². The Morgan fingerprint density at radius 1 is 1.14 bits per heavy atom. The summed E-state index contributed by atoms with van der Waals surface area (Å²) in [5.41, 5.74) is 3.08. The number of pyridine rings is 1. The van der Waals surface area contributed by atoms with E-state index in [0.29, 0.717) is 6.04 Å². The molecular formula is C17H23ClN2O. The van der Waals surface area contributed by atoms with Gasteiger partial charge in [-0.3, -0.25) is 4.79 Å². The van der Waals surface area contributed by atoms with Crippen LogP contribution in [0.15, 0.2) is 47.3 Å². The number of anilines is 2. The molecule has 1 unspecified atom stereocenters. The molecule has 4 heteroatoms. The number of rotatable bonds is 4. The molecule has 114 valence electrons. The Balaban J connectivity index is 0.00000220. The first kappa shape index (κ1) is 17.3. The maximum Gasteiger partial charge on any atom is 0.252 e. The van der Waals surface area contributed by atoms with Crippen LogP contribution in [0.4, 0.5) is 11.4 Å². The van der Waals surface area contributed by atoms with Crippen LogP contribution in [0.25, 0.3) is 0 Å². The molecule has 0 saturated heterocycles. The van der Waals surface area contributed by atoms with Crippen LogP contribution in [-0.4, -0.2) is 10.6 Å². The van der Waals surface area contributed by atoms with Crippen molar-refractivity contribution in [2.75, 3.05) is 4.90 Å². The van der Waals surface area contributed by atoms with E-state index in [-0.39, 0.29) is 18.0 Å². The Kier molecular flexibility index (Phi) is 6.03. The monoisotopic (exact) mass is 306 g/mol. The zero-order chi connectivity index (χ0) is 14.7. The minimum atomic E-state index is 0. The molecule has 0 amide bonds. The lowest BCUT2D eigenvalue weighted by molar-refractivity contribution is 0.684. The van der Waals surface area contributed by atoms with Gasteiger partial charge in [0.05, 0.1) is 0 Å². The number of benzene rings is 1. The van der Waals surface area contributed by atoms with Crippen molar-refractivity contribution in [3.05, 3.63) is 58.5 Å². The van der Waals surface area contributed by atoms with Crippen LogP contribution in [0, 0.1) is 6.92 Å². The van der Waals surface area contributed by atoms with E-state index >= 15 is 0 Å². The third-order valence-electron chi connectivity index (χ3n) is 3.83. The largest absolute Gasteiger partial charge is 0.338 e. The first-order valence-corrected chi connectivity index (χ1v) is 7.06. The lowest BCUT2D eigenvalue weighted by Gasteiger charge is -2.31. The van der Waals surface area contributed by atoms with Gasteiger partial charge in [-0.1, -0.05) is 25.1 Å². The van der Waals surface area contributed by atoms with Gasteiger partial charge in [-0.15, -0.1) is 12.4 Å². The quantitative estimate of drug-likeness (QED) is 0.851. The molecule has 0 aliphatic rings. The van der Waals surface area contributed by atoms with E-state index in [1.54, 1.807) is 17.7 Å². The molecule has 1 heterocycles. The van der Waals surface area contributed by atoms with E-state index in [2.05, 4.69) is 36.9 Å². The van der Waals surface area contributed by atoms with Gasteiger partial charge >= 0.3 is 0 Å². The SMILES string of the molecule is CCC(C)N(c1ccccc1)c1cc(C)n(C)c(=O)c1.Cl. The summed E-state index contributed by atoms with van der Waals surface area (Å²) in [5, 5.41) is 0. The molecular weight excluding hydrogens is 284 g/mol. The zero-order valence-corrected chi connectivity index (χ0v) is 13.9. The van der Waals surface area contributed by atoms with Crippen molar-refractivity contribution in [1.82, 2.24) is 4.57 Å². The Labute approximate surface area is 132 Å². The summed E-state index contributed by atoms with van der Waals surface area (Å²) in [5.74, 6) is 0. The van der Waals surface area contributed by atoms with Crippen molar-refractivity contribution in [2.45, 2.75) is 33.2 Å². The number of hydrogen-bond acceptors (Lipinski definition) is 2. The minimum absolute atomic E-state index is 0. The summed E-state index contributed by atoms with van der Waals surface area (Å²) in [6, 6.07) is 14.3. The number of nitrogens with zero attached hydrogens (tertiary/aromatic N) is 2. The molecule has 0 bridgehead atoms. The Morgan fingerprint density at radius 3 is 2.29 bits per heavy atom. The molecule has 0 spiro atoms. The highest BCUT2D eigenvalue weighted by Gasteiger charge is 2.16. The molecule has 0 saturated carbocycles. The number of aryl methyl sites for hydroxylation is 1. The molecule has 2 rings (SSSR count). The molecule has 0 aliphatic heterocycles. The molecule has 1 aromatic carbocycles. The van der Waals surface area contributed by atoms with Crippen LogP contribution in [0.3, 0.4) is 0 Å². The van der Waals surface area contributed by atoms with Crippen molar-refractivity contribution in [3.8, 4) is 0 Å². The first-order chi connectivity index (χ1) is 9.54. The predicted octanol–water partition coefficient (Wildman–Crippen LogP) is 4.05. The Morgan fingerprint density at radius 2 is 1.76 bits per heavy atom. The van der Waals surface area contributed by atoms with Crippen LogP contribution < -0.4 is 10.5 Å². The Hall–Kier alpha value is -1.74. The van der Waals surface area contributed by atoms with E-state index in [4.69, 9.17) is 0 Å². The predicted molar refractivity (Wildman–Crippen MR) is 92.0 cm³/mol. The smallest absolute Gasteiger partial charge is 0.252 e. The highest BCUT2D eigenvalue weighted by molar-refractivity contribution is 5.85. The topological polar surface area (TPSA) is 25.2 Å². The van der Waals surface area contributed by atoms with Gasteiger partial charge in [-0.25, -0.2) is 0 Å². The summed E-state index contributed by atoms with van der Waals surface area (Å²) < 4.78 is 1.67. The maximum absolute atomic E-state index is 12.0. The molecule has 1 aromatic heterocycles. The van der Waals surface area contributed by atoms with Gasteiger partial charge in [0.15, 0.2) is 0 Å². The summed E-state index contributed by atoms with van der Waals surface area (Å²) in [7, 11) is 1.80. The third kappa shape index (κ3) is 3.67. The maximum atomic E-state index is 12.0. The van der Waals surface area contributed by atoms with Crippen molar-refractivity contribution in [1.29, 1.82) is 0 Å². The van der Waals surface area contributed by atoms with Crippen molar-refractivity contribution in [2.24, 2.45) is 7.05 Å². The Bertz CT molecular complexity index is 637. The van der Waals surface area contributed by atoms with E-state index in [9.17, 15) is 4.79 Å². The molecule has 21 heavy (non-hydrogen) atoms. The molecule has 0 aliphatic carbocycles. The fourth-order valence-electron chi connectivity index (χ4n) is 2.32. The standard InChI is InChI=1S/C17H22N2O.ClH/c1-5-13(2)19(15-9-7-6-8-10-15)16-11-14(3)18(4)17(20)12-16;/h6-13H,5H2,1-4H3;1H. The molecule has 0 fully saturated rings. The molecule has 0 N–H and O–H groups in total. The van der Waals surface area contributed by atoms with Crippen molar-refractivity contribution < 1.29 is 0 Å². The summed E-state index contributed by atoms with van der Waals surface area (Å²) in [6.07, 6.45) is 1.02. The number of para-hydroxylation sites is 1. The second kappa shape index (κ2) is 7.32. The van der Waals surface area contributed by atoms with Crippen LogP contribution in [0.1, 0.15) is 26.0 Å². The van der Waals surface area contributed by atoms with Gasteiger partial charge in [-0.05, 0) is 38.5 Å². The third-order valence-corrected chi connectivity index (χ3v) is 3.83. The highest BCUT2D eigenvalue weighted by Crippen LogP contribution is 2.28. The van der Waals surface area contributed by atoms with Gasteiger partial charge in [-0.2, -0.15) is 0 Å². The van der Waals surface area contributed by atoms with Crippen molar-refractivity contribution in [3.63, 3.8) is 0 Å². The van der Waals surface area contributed by atoms with Gasteiger partial charge in [0.1, 0.15) is 0 Å². The number of halogens is 1. The van der Waals surface area contributed by atoms with Gasteiger partial charge < -0.3 is 9.47 Å². The second-order valence-corrected chi connectivity index (χ2v) is 5.21. The van der Waals surface area contributed by atoms with Crippen LogP contribution in [0.5, 0.6) is 0 Å². The zero-order valence-electron chi connectivity index (χ0n) is 13.0. The normalized spacial score (nSPS) is 11.6. The van der Waals surface area contributed by atoms with E-state index in [1.807, 2.05) is 25.1 Å². The summed E-state index contributed by atoms with van der Waals surface area (Å²) in [4.78, 5) is 14.3. The highest BCUT2D eigenvalue weighted by atomic mass is 35.5. The lowest BCUT2D eigenvalue weighted by Crippen LogP contribution is -2.30. The van der Waals surface area contributed by atoms with Gasteiger partial charge in [0, 0.05) is 36.2 Å². The van der Waals surface area contributed by atoms with E-state index in [0.717, 1.165) is 23.5 Å². The van der Waals surface area contributed by atoms with Crippen LogP contribution in [-0.2, 0) is 7.05 Å². The van der Waals surface area contributed by atoms with Gasteiger partial charge in [0.25, 0.3) is 5.56 Å². The van der Waals surface area contributed by atoms with Crippen molar-refractivity contribution >= 4 is 23.8 Å². The molecule has 3 nitrogen and oxygen atoms in total. The number of aromatic nitrogens is 1. The van der Waals surface area contributed by atoms with E-state index in [1.165, 1.54) is 0 Å². The molecule has 1 atom stereocenters. The van der Waals surface area contributed by atoms with Gasteiger partial charge in [0.2, 0.25) is 0 Å². The second-order valence-electron chi connectivity index (χ2n) is 5.21. The lowest BCUT2D eigenvalue weighted by atomic mass is 10.1. The summed E-state index contributed by atoms with van der Waals surface area (Å²) >= 11 is 0. The number of hydrogen-bond donors (Lipinski definition) is 0. The summed E-state index contributed by atoms with van der Waals surface area (Å²) in [6.45, 7) is 6.30. The first-order valence-electron chi connectivity index (χ1n) is 7.06. The van der Waals surface area contributed by atoms with E-state index < -0.39 is 0 Å². The average Bonchev–Trinajstić information content (AvgIpc) is 2.46.